The van der Waals surface area contributed by atoms with Gasteiger partial charge in [0.25, 0.3) is 0 Å². The highest BCUT2D eigenvalue weighted by atomic mass is 19.1. The summed E-state index contributed by atoms with van der Waals surface area (Å²) in [5.41, 5.74) is 0.945. The van der Waals surface area contributed by atoms with Crippen molar-refractivity contribution in [3.8, 4) is 5.75 Å². The second kappa shape index (κ2) is 8.88. The minimum Gasteiger partial charge on any atom is -0.491 e. The highest BCUT2D eigenvalue weighted by Crippen LogP contribution is 2.18. The molecular weight excluding hydrogens is 243 g/mol. The molecule has 108 valence electrons. The largest absolute Gasteiger partial charge is 0.491 e. The van der Waals surface area contributed by atoms with Gasteiger partial charge in [-0.15, -0.1) is 0 Å². The van der Waals surface area contributed by atoms with Crippen LogP contribution < -0.4 is 15.4 Å². The molecule has 0 saturated heterocycles. The van der Waals surface area contributed by atoms with E-state index in [1.165, 1.54) is 6.07 Å². The van der Waals surface area contributed by atoms with Gasteiger partial charge in [-0.3, -0.25) is 0 Å². The van der Waals surface area contributed by atoms with E-state index in [1.807, 2.05) is 20.0 Å². The van der Waals surface area contributed by atoms with Crippen molar-refractivity contribution in [3.05, 3.63) is 29.6 Å². The van der Waals surface area contributed by atoms with Crippen LogP contribution in [0.3, 0.4) is 0 Å². The summed E-state index contributed by atoms with van der Waals surface area (Å²) in [6.45, 7) is 7.13. The molecule has 0 spiro atoms. The summed E-state index contributed by atoms with van der Waals surface area (Å²) in [6.07, 6.45) is 1.13. The van der Waals surface area contributed by atoms with Crippen LogP contribution >= 0.6 is 0 Å². The normalized spacial score (nSPS) is 12.4. The van der Waals surface area contributed by atoms with Gasteiger partial charge in [-0.1, -0.05) is 19.4 Å². The lowest BCUT2D eigenvalue weighted by Gasteiger charge is -2.15. The first kappa shape index (κ1) is 15.9. The fourth-order valence-corrected chi connectivity index (χ4v) is 2.00. The van der Waals surface area contributed by atoms with E-state index in [-0.39, 0.29) is 5.82 Å². The summed E-state index contributed by atoms with van der Waals surface area (Å²) in [7, 11) is 1.96. The van der Waals surface area contributed by atoms with Crippen molar-refractivity contribution in [1.82, 2.24) is 10.6 Å². The maximum absolute atomic E-state index is 13.6. The average Bonchev–Trinajstić information content (AvgIpc) is 2.41. The first-order valence-corrected chi connectivity index (χ1v) is 6.97. The topological polar surface area (TPSA) is 33.3 Å². The van der Waals surface area contributed by atoms with Crippen molar-refractivity contribution in [2.24, 2.45) is 5.92 Å². The number of hydrogen-bond acceptors (Lipinski definition) is 3. The number of hydrogen-bond donors (Lipinski definition) is 2. The Morgan fingerprint density at radius 2 is 2.05 bits per heavy atom. The highest BCUT2D eigenvalue weighted by Gasteiger charge is 2.06. The Bertz CT molecular complexity index is 371. The molecule has 0 amide bonds. The molecule has 1 aromatic rings. The van der Waals surface area contributed by atoms with E-state index in [0.29, 0.717) is 24.8 Å². The molecule has 0 aromatic heterocycles. The van der Waals surface area contributed by atoms with Crippen molar-refractivity contribution in [3.63, 3.8) is 0 Å². The van der Waals surface area contributed by atoms with Crippen LogP contribution in [0.15, 0.2) is 18.2 Å². The Morgan fingerprint density at radius 1 is 1.26 bits per heavy atom. The fourth-order valence-electron chi connectivity index (χ4n) is 2.00. The average molecular weight is 268 g/mol. The predicted octanol–water partition coefficient (Wildman–Crippen LogP) is 2.56. The zero-order valence-electron chi connectivity index (χ0n) is 12.1. The van der Waals surface area contributed by atoms with Crippen molar-refractivity contribution < 1.29 is 9.13 Å². The lowest BCUT2D eigenvalue weighted by Crippen LogP contribution is -2.29. The van der Waals surface area contributed by atoms with Crippen molar-refractivity contribution >= 4 is 0 Å². The van der Waals surface area contributed by atoms with E-state index >= 15 is 0 Å². The molecule has 2 N–H and O–H groups in total. The first-order chi connectivity index (χ1) is 9.21. The number of ether oxygens (including phenoxy) is 1. The van der Waals surface area contributed by atoms with Gasteiger partial charge in [0.05, 0.1) is 6.61 Å². The van der Waals surface area contributed by atoms with Gasteiger partial charge >= 0.3 is 0 Å². The van der Waals surface area contributed by atoms with Crippen LogP contribution in [0.4, 0.5) is 4.39 Å². The second-order valence-electron chi connectivity index (χ2n) is 4.66. The Hall–Kier alpha value is -1.13. The third kappa shape index (κ3) is 5.57. The van der Waals surface area contributed by atoms with Crippen LogP contribution in [0.5, 0.6) is 5.75 Å². The van der Waals surface area contributed by atoms with Crippen LogP contribution in [-0.2, 0) is 6.54 Å². The Labute approximate surface area is 115 Å². The second-order valence-corrected chi connectivity index (χ2v) is 4.66. The summed E-state index contributed by atoms with van der Waals surface area (Å²) in [4.78, 5) is 0. The smallest absolute Gasteiger partial charge is 0.165 e. The van der Waals surface area contributed by atoms with Gasteiger partial charge in [0.15, 0.2) is 11.6 Å². The molecule has 0 aliphatic carbocycles. The molecule has 1 aromatic carbocycles. The molecule has 0 fully saturated rings. The molecule has 19 heavy (non-hydrogen) atoms. The van der Waals surface area contributed by atoms with Crippen molar-refractivity contribution in [2.45, 2.75) is 26.8 Å². The van der Waals surface area contributed by atoms with Crippen LogP contribution in [0.25, 0.3) is 0 Å². The number of nitrogens with one attached hydrogen (secondary N) is 2. The zero-order chi connectivity index (χ0) is 14.1. The van der Waals surface area contributed by atoms with E-state index in [4.69, 9.17) is 4.74 Å². The summed E-state index contributed by atoms with van der Waals surface area (Å²) in [6, 6.07) is 5.14. The molecule has 0 heterocycles. The molecule has 4 heteroatoms. The molecule has 0 saturated carbocycles. The Morgan fingerprint density at radius 3 is 2.63 bits per heavy atom. The van der Waals surface area contributed by atoms with E-state index in [1.54, 1.807) is 6.07 Å². The Balaban J connectivity index is 2.43. The van der Waals surface area contributed by atoms with Crippen molar-refractivity contribution in [1.29, 1.82) is 0 Å². The highest BCUT2D eigenvalue weighted by molar-refractivity contribution is 5.29. The lowest BCUT2D eigenvalue weighted by molar-refractivity contribution is 0.321. The quantitative estimate of drug-likeness (QED) is 0.722. The van der Waals surface area contributed by atoms with Crippen molar-refractivity contribution in [2.75, 3.05) is 26.7 Å². The van der Waals surface area contributed by atoms with Crippen LogP contribution in [0, 0.1) is 11.7 Å². The first-order valence-electron chi connectivity index (χ1n) is 6.97. The molecule has 1 atom stereocenters. The van der Waals surface area contributed by atoms with Gasteiger partial charge in [-0.25, -0.2) is 4.39 Å². The molecule has 0 aliphatic rings. The van der Waals surface area contributed by atoms with E-state index in [2.05, 4.69) is 17.6 Å². The number of benzene rings is 1. The maximum Gasteiger partial charge on any atom is 0.165 e. The van der Waals surface area contributed by atoms with Gasteiger partial charge in [-0.2, -0.15) is 0 Å². The summed E-state index contributed by atoms with van der Waals surface area (Å²) in [5.74, 6) is 0.647. The standard InChI is InChI=1S/C15H25FN2O/c1-4-12(9-17-3)10-18-11-13-6-7-15(19-5-2)14(16)8-13/h6-8,12,17-18H,4-5,9-11H2,1-3H3. The summed E-state index contributed by atoms with van der Waals surface area (Å²) < 4.78 is 18.8. The van der Waals surface area contributed by atoms with Gasteiger partial charge in [0.1, 0.15) is 0 Å². The number of halogens is 1. The van der Waals surface area contributed by atoms with Crippen LogP contribution in [-0.4, -0.2) is 26.7 Å². The molecule has 0 aliphatic heterocycles. The predicted molar refractivity (Wildman–Crippen MR) is 77.0 cm³/mol. The third-order valence-corrected chi connectivity index (χ3v) is 3.13. The molecule has 0 bridgehead atoms. The van der Waals surface area contributed by atoms with Crippen LogP contribution in [0.2, 0.25) is 0 Å². The molecule has 1 rings (SSSR count). The number of rotatable bonds is 9. The minimum atomic E-state index is -0.289. The van der Waals surface area contributed by atoms with Crippen LogP contribution in [0.1, 0.15) is 25.8 Å². The monoisotopic (exact) mass is 268 g/mol. The van der Waals surface area contributed by atoms with E-state index in [9.17, 15) is 4.39 Å². The zero-order valence-corrected chi connectivity index (χ0v) is 12.1. The lowest BCUT2D eigenvalue weighted by atomic mass is 10.1. The molecular formula is C15H25FN2O. The van der Waals surface area contributed by atoms with E-state index < -0.39 is 0 Å². The SMILES string of the molecule is CCOc1ccc(CNCC(CC)CNC)cc1F. The third-order valence-electron chi connectivity index (χ3n) is 3.13. The Kier molecular flexibility index (Phi) is 7.45. The molecule has 1 unspecified atom stereocenters. The molecule has 3 nitrogen and oxygen atoms in total. The van der Waals surface area contributed by atoms with Gasteiger partial charge in [0, 0.05) is 6.54 Å². The minimum absolute atomic E-state index is 0.289. The molecule has 0 radical (unpaired) electrons. The maximum atomic E-state index is 13.6. The van der Waals surface area contributed by atoms with Gasteiger partial charge in [-0.05, 0) is 50.7 Å². The van der Waals surface area contributed by atoms with Gasteiger partial charge < -0.3 is 15.4 Å². The summed E-state index contributed by atoms with van der Waals surface area (Å²) >= 11 is 0. The fraction of sp³-hybridized carbons (Fsp3) is 0.600. The summed E-state index contributed by atoms with van der Waals surface area (Å²) in [5, 5.41) is 6.55. The van der Waals surface area contributed by atoms with Gasteiger partial charge in [0.2, 0.25) is 0 Å². The van der Waals surface area contributed by atoms with E-state index in [0.717, 1.165) is 25.1 Å².